The lowest BCUT2D eigenvalue weighted by Gasteiger charge is -2.22. The van der Waals surface area contributed by atoms with Gasteiger partial charge in [-0.1, -0.05) is 39.3 Å². The van der Waals surface area contributed by atoms with Crippen molar-refractivity contribution in [3.8, 4) is 0 Å². The third-order valence-electron chi connectivity index (χ3n) is 3.45. The molecule has 0 unspecified atom stereocenters. The summed E-state index contributed by atoms with van der Waals surface area (Å²) in [6, 6.07) is 5.61. The first-order chi connectivity index (χ1) is 10.9. The molecule has 0 heterocycles. The second-order valence-electron chi connectivity index (χ2n) is 5.81. The zero-order valence-electron chi connectivity index (χ0n) is 14.0. The van der Waals surface area contributed by atoms with Gasteiger partial charge in [0.05, 0.1) is 6.54 Å². The number of unbranched alkanes of at least 4 members (excludes halogenated alkanes) is 1. The normalized spacial score (nSPS) is 12.0. The second-order valence-corrected chi connectivity index (χ2v) is 5.81. The molecule has 23 heavy (non-hydrogen) atoms. The Kier molecular flexibility index (Phi) is 8.26. The molecular weight excluding hydrogens is 297 g/mol. The quantitative estimate of drug-likeness (QED) is 0.644. The van der Waals surface area contributed by atoms with E-state index in [1.807, 2.05) is 20.8 Å². The van der Waals surface area contributed by atoms with Crippen LogP contribution in [0.4, 0.5) is 9.18 Å². The van der Waals surface area contributed by atoms with Crippen molar-refractivity contribution < 1.29 is 14.0 Å². The molecule has 1 atom stereocenters. The predicted octanol–water partition coefficient (Wildman–Crippen LogP) is 2.74. The van der Waals surface area contributed by atoms with E-state index in [2.05, 4.69) is 16.0 Å². The van der Waals surface area contributed by atoms with Crippen LogP contribution in [-0.4, -0.2) is 25.0 Å². The monoisotopic (exact) mass is 323 g/mol. The summed E-state index contributed by atoms with van der Waals surface area (Å²) < 4.78 is 13.0. The maximum Gasteiger partial charge on any atom is 0.321 e. The fourth-order valence-electron chi connectivity index (χ4n) is 2.20. The average Bonchev–Trinajstić information content (AvgIpc) is 2.49. The molecule has 0 aliphatic rings. The summed E-state index contributed by atoms with van der Waals surface area (Å²) in [7, 11) is 0. The Morgan fingerprint density at radius 3 is 2.39 bits per heavy atom. The molecule has 128 valence electrons. The number of carbonyl (C=O) groups is 2. The van der Waals surface area contributed by atoms with Crippen LogP contribution in [0, 0.1) is 11.7 Å². The van der Waals surface area contributed by atoms with Gasteiger partial charge in [-0.25, -0.2) is 9.18 Å². The van der Waals surface area contributed by atoms with Crippen LogP contribution >= 0.6 is 0 Å². The summed E-state index contributed by atoms with van der Waals surface area (Å²) >= 11 is 0. The summed E-state index contributed by atoms with van der Waals surface area (Å²) in [5.41, 5.74) is 0.904. The third kappa shape index (κ3) is 7.23. The number of imide groups is 1. The van der Waals surface area contributed by atoms with Crippen molar-refractivity contribution in [1.82, 2.24) is 16.0 Å². The van der Waals surface area contributed by atoms with Crippen molar-refractivity contribution in [1.29, 1.82) is 0 Å². The Morgan fingerprint density at radius 2 is 1.83 bits per heavy atom. The van der Waals surface area contributed by atoms with Gasteiger partial charge >= 0.3 is 6.03 Å². The standard InChI is InChI=1S/C17H26FN3O2/c1-4-5-10-19-17(23)21-15(22)11-20-16(12(2)3)13-6-8-14(18)9-7-13/h6-9,12,16,20H,4-5,10-11H2,1-3H3,(H2,19,21,22,23)/t16-/m1/s1. The topological polar surface area (TPSA) is 70.2 Å². The highest BCUT2D eigenvalue weighted by molar-refractivity contribution is 5.95. The van der Waals surface area contributed by atoms with Gasteiger partial charge in [0.15, 0.2) is 0 Å². The molecule has 1 rings (SSSR count). The number of urea groups is 1. The number of benzene rings is 1. The number of halogens is 1. The summed E-state index contributed by atoms with van der Waals surface area (Å²) in [4.78, 5) is 23.3. The van der Waals surface area contributed by atoms with E-state index in [0.29, 0.717) is 6.54 Å². The van der Waals surface area contributed by atoms with Crippen molar-refractivity contribution in [2.45, 2.75) is 39.7 Å². The van der Waals surface area contributed by atoms with Gasteiger partial charge in [-0.3, -0.25) is 10.1 Å². The van der Waals surface area contributed by atoms with Crippen LogP contribution in [0.15, 0.2) is 24.3 Å². The number of rotatable bonds is 8. The van der Waals surface area contributed by atoms with Crippen LogP contribution in [0.3, 0.4) is 0 Å². The second kappa shape index (κ2) is 9.94. The van der Waals surface area contributed by atoms with Crippen molar-refractivity contribution in [3.63, 3.8) is 0 Å². The summed E-state index contributed by atoms with van der Waals surface area (Å²) in [5.74, 6) is -0.476. The van der Waals surface area contributed by atoms with Gasteiger partial charge in [-0.15, -0.1) is 0 Å². The lowest BCUT2D eigenvalue weighted by atomic mass is 9.96. The van der Waals surface area contributed by atoms with Gasteiger partial charge in [0.2, 0.25) is 5.91 Å². The van der Waals surface area contributed by atoms with Gasteiger partial charge in [0, 0.05) is 12.6 Å². The molecule has 0 fully saturated rings. The van der Waals surface area contributed by atoms with Crippen LogP contribution in [0.2, 0.25) is 0 Å². The Bertz CT molecular complexity index is 503. The van der Waals surface area contributed by atoms with E-state index in [0.717, 1.165) is 18.4 Å². The minimum absolute atomic E-state index is 0.0153. The van der Waals surface area contributed by atoms with E-state index >= 15 is 0 Å². The SMILES string of the molecule is CCCCNC(=O)NC(=O)CN[C@@H](c1ccc(F)cc1)C(C)C. The first-order valence-corrected chi connectivity index (χ1v) is 8.00. The zero-order valence-corrected chi connectivity index (χ0v) is 14.0. The van der Waals surface area contributed by atoms with Crippen LogP contribution in [-0.2, 0) is 4.79 Å². The molecule has 0 aromatic heterocycles. The first-order valence-electron chi connectivity index (χ1n) is 8.00. The number of nitrogens with one attached hydrogen (secondary N) is 3. The molecular formula is C17H26FN3O2. The maximum atomic E-state index is 13.0. The van der Waals surface area contributed by atoms with E-state index in [-0.39, 0.29) is 24.3 Å². The average molecular weight is 323 g/mol. The fraction of sp³-hybridized carbons (Fsp3) is 0.529. The number of carbonyl (C=O) groups excluding carboxylic acids is 2. The van der Waals surface area contributed by atoms with E-state index in [9.17, 15) is 14.0 Å². The van der Waals surface area contributed by atoms with Crippen molar-refractivity contribution in [2.75, 3.05) is 13.1 Å². The number of amides is 3. The van der Waals surface area contributed by atoms with Crippen molar-refractivity contribution >= 4 is 11.9 Å². The van der Waals surface area contributed by atoms with Gasteiger partial charge in [-0.2, -0.15) is 0 Å². The maximum absolute atomic E-state index is 13.0. The molecule has 5 nitrogen and oxygen atoms in total. The van der Waals surface area contributed by atoms with Gasteiger partial charge in [0.1, 0.15) is 5.82 Å². The Balaban J connectivity index is 2.47. The van der Waals surface area contributed by atoms with Crippen molar-refractivity contribution in [3.05, 3.63) is 35.6 Å². The van der Waals surface area contributed by atoms with Crippen LogP contribution < -0.4 is 16.0 Å². The lowest BCUT2D eigenvalue weighted by Crippen LogP contribution is -2.44. The summed E-state index contributed by atoms with van der Waals surface area (Å²) in [6.45, 7) is 6.61. The summed E-state index contributed by atoms with van der Waals surface area (Å²) in [5, 5.41) is 8.02. The molecule has 0 aliphatic heterocycles. The van der Waals surface area contributed by atoms with E-state index in [1.165, 1.54) is 12.1 Å². The largest absolute Gasteiger partial charge is 0.338 e. The minimum atomic E-state index is -0.479. The molecule has 0 aliphatic carbocycles. The molecule has 3 amide bonds. The number of hydrogen-bond donors (Lipinski definition) is 3. The van der Waals surface area contributed by atoms with E-state index in [4.69, 9.17) is 0 Å². The molecule has 1 aromatic rings. The number of hydrogen-bond acceptors (Lipinski definition) is 3. The molecule has 3 N–H and O–H groups in total. The van der Waals surface area contributed by atoms with Gasteiger partial charge in [-0.05, 0) is 30.0 Å². The first kappa shape index (κ1) is 19.1. The molecule has 0 bridgehead atoms. The zero-order chi connectivity index (χ0) is 17.2. The molecule has 0 radical (unpaired) electrons. The van der Waals surface area contributed by atoms with Crippen LogP contribution in [0.25, 0.3) is 0 Å². The van der Waals surface area contributed by atoms with Crippen LogP contribution in [0.1, 0.15) is 45.2 Å². The van der Waals surface area contributed by atoms with Gasteiger partial charge < -0.3 is 10.6 Å². The fourth-order valence-corrected chi connectivity index (χ4v) is 2.20. The van der Waals surface area contributed by atoms with Crippen LogP contribution in [0.5, 0.6) is 0 Å². The van der Waals surface area contributed by atoms with E-state index < -0.39 is 11.9 Å². The molecule has 6 heteroatoms. The Labute approximate surface area is 137 Å². The highest BCUT2D eigenvalue weighted by Gasteiger charge is 2.17. The molecule has 0 spiro atoms. The molecule has 0 saturated carbocycles. The highest BCUT2D eigenvalue weighted by Crippen LogP contribution is 2.21. The lowest BCUT2D eigenvalue weighted by molar-refractivity contribution is -0.119. The van der Waals surface area contributed by atoms with Crippen molar-refractivity contribution in [2.24, 2.45) is 5.92 Å². The van der Waals surface area contributed by atoms with Gasteiger partial charge in [0.25, 0.3) is 0 Å². The molecule has 0 saturated heterocycles. The third-order valence-corrected chi connectivity index (χ3v) is 3.45. The Hall–Kier alpha value is -1.95. The minimum Gasteiger partial charge on any atom is -0.338 e. The predicted molar refractivity (Wildman–Crippen MR) is 88.4 cm³/mol. The molecule has 1 aromatic carbocycles. The summed E-state index contributed by atoms with van der Waals surface area (Å²) in [6.07, 6.45) is 1.85. The van der Waals surface area contributed by atoms with E-state index in [1.54, 1.807) is 12.1 Å². The Morgan fingerprint density at radius 1 is 1.17 bits per heavy atom. The smallest absolute Gasteiger partial charge is 0.321 e. The highest BCUT2D eigenvalue weighted by atomic mass is 19.1.